The Bertz CT molecular complexity index is 4180. The van der Waals surface area contributed by atoms with Crippen molar-refractivity contribution < 1.29 is 0 Å². The predicted octanol–water partition coefficient (Wildman–Crippen LogP) is 17.2. The van der Waals surface area contributed by atoms with Gasteiger partial charge in [-0.05, 0) is 117 Å². The van der Waals surface area contributed by atoms with Crippen molar-refractivity contribution in [1.82, 2.24) is 9.13 Å². The van der Waals surface area contributed by atoms with E-state index in [4.69, 9.17) is 0 Å². The Hall–Kier alpha value is -9.32. The van der Waals surface area contributed by atoms with Crippen LogP contribution in [0.3, 0.4) is 0 Å². The van der Waals surface area contributed by atoms with Crippen LogP contribution in [0.5, 0.6) is 0 Å². The van der Waals surface area contributed by atoms with E-state index < -0.39 is 0 Å². The van der Waals surface area contributed by atoms with Crippen LogP contribution in [-0.2, 0) is 5.41 Å². The number of allylic oxidation sites excluding steroid dienone is 3. The van der Waals surface area contributed by atoms with Gasteiger partial charge in [0.15, 0.2) is 0 Å². The fraction of sp³-hybridized carbons (Fsp3) is 0.0571. The molecule has 5 heteroatoms. The van der Waals surface area contributed by atoms with E-state index in [1.54, 1.807) is 0 Å². The second-order valence-electron chi connectivity index (χ2n) is 21.0. The van der Waals surface area contributed by atoms with Crippen LogP contribution in [-0.4, -0.2) is 15.8 Å². The second kappa shape index (κ2) is 17.4. The fourth-order valence-electron chi connectivity index (χ4n) is 12.1. The Kier molecular flexibility index (Phi) is 10.3. The molecule has 0 saturated carbocycles. The van der Waals surface area contributed by atoms with Gasteiger partial charge >= 0.3 is 0 Å². The van der Waals surface area contributed by atoms with Gasteiger partial charge in [-0.3, -0.25) is 0 Å². The van der Waals surface area contributed by atoms with Crippen LogP contribution >= 0.6 is 0 Å². The number of anilines is 5. The molecule has 75 heavy (non-hydrogen) atoms. The van der Waals surface area contributed by atoms with Gasteiger partial charge < -0.3 is 18.9 Å². The molecule has 0 radical (unpaired) electrons. The van der Waals surface area contributed by atoms with E-state index in [1.807, 2.05) is 6.08 Å². The van der Waals surface area contributed by atoms with Gasteiger partial charge in [-0.1, -0.05) is 203 Å². The molecule has 0 spiro atoms. The van der Waals surface area contributed by atoms with Crippen molar-refractivity contribution in [1.29, 1.82) is 0 Å². The lowest BCUT2D eigenvalue weighted by Crippen LogP contribution is -2.53. The maximum atomic E-state index is 4.53. The summed E-state index contributed by atoms with van der Waals surface area (Å²) in [5.74, 6) is 2.52. The van der Waals surface area contributed by atoms with E-state index in [0.717, 1.165) is 50.9 Å². The normalized spacial score (nSPS) is 13.4. The van der Waals surface area contributed by atoms with E-state index in [-0.39, 0.29) is 12.1 Å². The highest BCUT2D eigenvalue weighted by Gasteiger charge is 2.42. The third-order valence-corrected chi connectivity index (χ3v) is 15.6. The Morgan fingerprint density at radius 3 is 1.53 bits per heavy atom. The first-order valence-electron chi connectivity index (χ1n) is 26.1. The van der Waals surface area contributed by atoms with Crippen molar-refractivity contribution in [2.24, 2.45) is 0 Å². The van der Waals surface area contributed by atoms with Crippen LogP contribution in [0, 0.1) is 0 Å². The number of aromatic nitrogens is 2. The monoisotopic (exact) mass is 960 g/mol. The summed E-state index contributed by atoms with van der Waals surface area (Å²) in [6, 6.07) is 87.0. The number of benzene rings is 10. The van der Waals surface area contributed by atoms with Crippen LogP contribution in [0.2, 0.25) is 0 Å². The van der Waals surface area contributed by atoms with Crippen molar-refractivity contribution in [3.8, 4) is 27.9 Å². The molecule has 12 aromatic rings. The highest BCUT2D eigenvalue weighted by Crippen LogP contribution is 2.49. The van der Waals surface area contributed by atoms with E-state index in [0.29, 0.717) is 0 Å². The molecule has 356 valence electrons. The maximum Gasteiger partial charge on any atom is 0.244 e. The molecule has 0 saturated heterocycles. The average molecular weight is 961 g/mol. The lowest BCUT2D eigenvalue weighted by atomic mass is 9.37. The highest BCUT2D eigenvalue weighted by molar-refractivity contribution is 6.93. The second-order valence-corrected chi connectivity index (χ2v) is 21.0. The molecular weight excluding hydrogens is 908 g/mol. The number of para-hydroxylation sites is 4. The zero-order valence-electron chi connectivity index (χ0n) is 42.3. The Balaban J connectivity index is 1.07. The average Bonchev–Trinajstić information content (AvgIpc) is 3.98. The predicted molar refractivity (Wildman–Crippen MR) is 321 cm³/mol. The first-order chi connectivity index (χ1) is 36.8. The van der Waals surface area contributed by atoms with Gasteiger partial charge in [0.05, 0.1) is 27.8 Å². The summed E-state index contributed by atoms with van der Waals surface area (Å²) in [5, 5.41) is 4.91. The van der Waals surface area contributed by atoms with Crippen LogP contribution < -0.4 is 20.7 Å². The molecular formula is C70H53BN4. The molecule has 14 rings (SSSR count). The molecule has 0 N–H and O–H groups in total. The van der Waals surface area contributed by atoms with Crippen LogP contribution in [0.25, 0.3) is 77.2 Å². The number of nitrogens with zero attached hydrogens (tertiary/aromatic N) is 4. The molecule has 10 aromatic carbocycles. The first-order valence-corrected chi connectivity index (χ1v) is 26.1. The summed E-state index contributed by atoms with van der Waals surface area (Å²) in [4.78, 5) is 5.05. The summed E-state index contributed by atoms with van der Waals surface area (Å²) >= 11 is 0. The van der Waals surface area contributed by atoms with E-state index in [2.05, 4.69) is 295 Å². The summed E-state index contributed by atoms with van der Waals surface area (Å²) in [6.45, 7) is 11.3. The van der Waals surface area contributed by atoms with Gasteiger partial charge in [-0.25, -0.2) is 0 Å². The van der Waals surface area contributed by atoms with Gasteiger partial charge in [-0.15, -0.1) is 0 Å². The summed E-state index contributed by atoms with van der Waals surface area (Å²) in [7, 11) is 0. The molecule has 0 bridgehead atoms. The molecule has 2 aromatic heterocycles. The molecule has 2 aliphatic rings. The summed E-state index contributed by atoms with van der Waals surface area (Å²) < 4.78 is 4.83. The standard InChI is InChI=1S/C70H53BN4/c1-5-51(73-62-28-16-12-24-57(62)58-25-13-17-29-63(58)73)44-55-46-71-61-42-40-54(74-64-30-18-14-26-59(64)60-27-15-19-31-65(60)74)45-67(61)75(53-38-34-50(35-39-53)70(2,3)4)69-56(49-22-10-7-11-23-49)41-43-66(68(69)71)72(55)52-36-32-48(33-37-52)47-20-8-6-9-21-47/h5-46H,1H2,2-4H3/b51-44+. The minimum atomic E-state index is -0.124. The maximum absolute atomic E-state index is 4.53. The van der Waals surface area contributed by atoms with E-state index >= 15 is 0 Å². The summed E-state index contributed by atoms with van der Waals surface area (Å²) in [6.07, 6.45) is 4.38. The minimum Gasteiger partial charge on any atom is -0.312 e. The SMILES string of the molecule is C=C/C(=C\C1=CB2c3ccc(-n4c5ccccc5c5ccccc54)cc3N(c3ccc(C(C)(C)C)cc3)c3c(-c4ccccc4)ccc(c32)N1c1ccc(-c2ccccc2)cc1)n1c2ccccc2c2ccccc21. The first kappa shape index (κ1) is 44.4. The molecule has 0 unspecified atom stereocenters. The third-order valence-electron chi connectivity index (χ3n) is 15.6. The molecule has 0 fully saturated rings. The number of hydrogen-bond donors (Lipinski definition) is 0. The molecule has 4 nitrogen and oxygen atoms in total. The molecule has 4 heterocycles. The molecule has 0 aliphatic carbocycles. The van der Waals surface area contributed by atoms with Crippen molar-refractivity contribution in [3.63, 3.8) is 0 Å². The minimum absolute atomic E-state index is 0.0109. The van der Waals surface area contributed by atoms with Crippen molar-refractivity contribution in [2.45, 2.75) is 26.2 Å². The van der Waals surface area contributed by atoms with Gasteiger partial charge in [0.2, 0.25) is 6.71 Å². The Morgan fingerprint density at radius 1 is 0.453 bits per heavy atom. The largest absolute Gasteiger partial charge is 0.312 e. The smallest absolute Gasteiger partial charge is 0.244 e. The van der Waals surface area contributed by atoms with Crippen LogP contribution in [0.1, 0.15) is 26.3 Å². The van der Waals surface area contributed by atoms with Gasteiger partial charge in [-0.2, -0.15) is 0 Å². The summed E-state index contributed by atoms with van der Waals surface area (Å²) in [5.41, 5.74) is 22.0. The van der Waals surface area contributed by atoms with Gasteiger partial charge in [0, 0.05) is 66.9 Å². The van der Waals surface area contributed by atoms with Crippen molar-refractivity contribution >= 4 is 95.4 Å². The fourth-order valence-corrected chi connectivity index (χ4v) is 12.1. The Morgan fingerprint density at radius 2 is 0.947 bits per heavy atom. The molecule has 0 atom stereocenters. The lowest BCUT2D eigenvalue weighted by Gasteiger charge is -2.43. The van der Waals surface area contributed by atoms with Crippen molar-refractivity contribution in [3.05, 3.63) is 273 Å². The third kappa shape index (κ3) is 7.14. The number of rotatable bonds is 8. The topological polar surface area (TPSA) is 16.3 Å². The Labute approximate surface area is 438 Å². The molecule has 2 aliphatic heterocycles. The zero-order chi connectivity index (χ0) is 50.4. The zero-order valence-corrected chi connectivity index (χ0v) is 42.3. The van der Waals surface area contributed by atoms with Gasteiger partial charge in [0.25, 0.3) is 0 Å². The highest BCUT2D eigenvalue weighted by atomic mass is 15.2. The van der Waals surface area contributed by atoms with E-state index in [9.17, 15) is 0 Å². The molecule has 0 amide bonds. The van der Waals surface area contributed by atoms with Crippen molar-refractivity contribution in [2.75, 3.05) is 9.80 Å². The number of hydrogen-bond acceptors (Lipinski definition) is 2. The number of fused-ring (bicyclic) bond motifs is 8. The van der Waals surface area contributed by atoms with Crippen LogP contribution in [0.15, 0.2) is 267 Å². The van der Waals surface area contributed by atoms with E-state index in [1.165, 1.54) is 77.0 Å². The lowest BCUT2D eigenvalue weighted by molar-refractivity contribution is 0.590. The van der Waals surface area contributed by atoms with Gasteiger partial charge in [0.1, 0.15) is 0 Å². The quantitative estimate of drug-likeness (QED) is 0.111. The van der Waals surface area contributed by atoms with Crippen LogP contribution in [0.4, 0.5) is 28.4 Å².